The Morgan fingerprint density at radius 2 is 1.93 bits per heavy atom. The van der Waals surface area contributed by atoms with Crippen LogP contribution in [0.4, 0.5) is 11.9 Å². The van der Waals surface area contributed by atoms with Gasteiger partial charge in [-0.2, -0.15) is 26.7 Å². The van der Waals surface area contributed by atoms with Gasteiger partial charge < -0.3 is 10.6 Å². The first-order valence-electron chi connectivity index (χ1n) is 4.56. The number of hydrogen-bond donors (Lipinski definition) is 1. The maximum atomic E-state index is 5.57. The average molecular weight is 211 g/mol. The third-order valence-corrected chi connectivity index (χ3v) is 2.99. The highest BCUT2D eigenvalue weighted by molar-refractivity contribution is 7.99. The molecule has 0 spiro atoms. The van der Waals surface area contributed by atoms with Crippen molar-refractivity contribution in [1.82, 2.24) is 15.0 Å². The number of nitrogens with two attached hydrogens (primary N) is 1. The molecule has 0 aromatic carbocycles. The van der Waals surface area contributed by atoms with Gasteiger partial charge >= 0.3 is 0 Å². The summed E-state index contributed by atoms with van der Waals surface area (Å²) in [5, 5.41) is 0. The van der Waals surface area contributed by atoms with Crippen LogP contribution in [0, 0.1) is 6.92 Å². The molecule has 2 heterocycles. The summed E-state index contributed by atoms with van der Waals surface area (Å²) < 4.78 is 0. The highest BCUT2D eigenvalue weighted by atomic mass is 32.2. The van der Waals surface area contributed by atoms with E-state index in [0.29, 0.717) is 11.8 Å². The molecule has 2 N–H and O–H groups in total. The van der Waals surface area contributed by atoms with Crippen molar-refractivity contribution in [2.24, 2.45) is 0 Å². The number of thioether (sulfide) groups is 1. The van der Waals surface area contributed by atoms with Crippen molar-refractivity contribution >= 4 is 23.7 Å². The maximum absolute atomic E-state index is 5.57. The lowest BCUT2D eigenvalue weighted by Gasteiger charge is -2.26. The van der Waals surface area contributed by atoms with Gasteiger partial charge in [-0.25, -0.2) is 0 Å². The Balaban J connectivity index is 2.21. The zero-order valence-corrected chi connectivity index (χ0v) is 8.92. The Morgan fingerprint density at radius 1 is 1.21 bits per heavy atom. The molecular weight excluding hydrogens is 198 g/mol. The normalized spacial score (nSPS) is 17.1. The monoisotopic (exact) mass is 211 g/mol. The molecule has 0 atom stereocenters. The average Bonchev–Trinajstić information content (AvgIpc) is 2.18. The van der Waals surface area contributed by atoms with Crippen molar-refractivity contribution in [3.63, 3.8) is 0 Å². The first-order chi connectivity index (χ1) is 6.75. The Bertz CT molecular complexity index is 303. The van der Waals surface area contributed by atoms with Gasteiger partial charge in [-0.1, -0.05) is 0 Å². The van der Waals surface area contributed by atoms with Crippen LogP contribution in [0.15, 0.2) is 0 Å². The Kier molecular flexibility index (Phi) is 2.72. The molecule has 1 saturated heterocycles. The number of anilines is 2. The fraction of sp³-hybridized carbons (Fsp3) is 0.625. The van der Waals surface area contributed by atoms with E-state index in [0.717, 1.165) is 30.5 Å². The van der Waals surface area contributed by atoms with Crippen LogP contribution >= 0.6 is 11.8 Å². The lowest BCUT2D eigenvalue weighted by atomic mass is 10.5. The molecule has 0 radical (unpaired) electrons. The van der Waals surface area contributed by atoms with Crippen LogP contribution in [0.1, 0.15) is 5.82 Å². The van der Waals surface area contributed by atoms with E-state index in [1.165, 1.54) is 0 Å². The van der Waals surface area contributed by atoms with Crippen molar-refractivity contribution < 1.29 is 0 Å². The van der Waals surface area contributed by atoms with Crippen LogP contribution in [0.25, 0.3) is 0 Å². The van der Waals surface area contributed by atoms with Crippen molar-refractivity contribution in [2.45, 2.75) is 6.92 Å². The lowest BCUT2D eigenvalue weighted by molar-refractivity contribution is 0.800. The molecule has 1 aliphatic rings. The van der Waals surface area contributed by atoms with Crippen LogP contribution in [0.3, 0.4) is 0 Å². The SMILES string of the molecule is Cc1nc(N)nc(N2CCSCC2)n1. The summed E-state index contributed by atoms with van der Waals surface area (Å²) in [5.41, 5.74) is 5.57. The molecular formula is C8H13N5S. The van der Waals surface area contributed by atoms with Crippen molar-refractivity contribution in [1.29, 1.82) is 0 Å². The number of aryl methyl sites for hydroxylation is 1. The van der Waals surface area contributed by atoms with E-state index in [1.807, 2.05) is 18.7 Å². The maximum Gasteiger partial charge on any atom is 0.230 e. The largest absolute Gasteiger partial charge is 0.368 e. The third-order valence-electron chi connectivity index (χ3n) is 2.05. The molecule has 14 heavy (non-hydrogen) atoms. The fourth-order valence-corrected chi connectivity index (χ4v) is 2.30. The van der Waals surface area contributed by atoms with E-state index in [9.17, 15) is 0 Å². The molecule has 76 valence electrons. The van der Waals surface area contributed by atoms with E-state index < -0.39 is 0 Å². The first-order valence-corrected chi connectivity index (χ1v) is 5.72. The van der Waals surface area contributed by atoms with Gasteiger partial charge in [0.1, 0.15) is 5.82 Å². The van der Waals surface area contributed by atoms with Gasteiger partial charge in [-0.15, -0.1) is 0 Å². The van der Waals surface area contributed by atoms with E-state index >= 15 is 0 Å². The lowest BCUT2D eigenvalue weighted by Crippen LogP contribution is -2.34. The molecule has 0 amide bonds. The summed E-state index contributed by atoms with van der Waals surface area (Å²) in [4.78, 5) is 14.5. The quantitative estimate of drug-likeness (QED) is 0.721. The molecule has 1 aliphatic heterocycles. The standard InChI is InChI=1S/C8H13N5S/c1-6-10-7(9)12-8(11-6)13-2-4-14-5-3-13/h2-5H2,1H3,(H2,9,10,11,12). The minimum atomic E-state index is 0.311. The van der Waals surface area contributed by atoms with Crippen LogP contribution in [-0.4, -0.2) is 39.5 Å². The summed E-state index contributed by atoms with van der Waals surface area (Å²) in [6.45, 7) is 3.82. The fourth-order valence-electron chi connectivity index (χ4n) is 1.39. The summed E-state index contributed by atoms with van der Waals surface area (Å²) in [6, 6.07) is 0. The van der Waals surface area contributed by atoms with Gasteiger partial charge in [-0.3, -0.25) is 0 Å². The number of nitrogens with zero attached hydrogens (tertiary/aromatic N) is 4. The minimum absolute atomic E-state index is 0.311. The molecule has 0 unspecified atom stereocenters. The number of aromatic nitrogens is 3. The smallest absolute Gasteiger partial charge is 0.230 e. The van der Waals surface area contributed by atoms with E-state index in [-0.39, 0.29) is 0 Å². The molecule has 5 nitrogen and oxygen atoms in total. The van der Waals surface area contributed by atoms with Gasteiger partial charge in [0.25, 0.3) is 0 Å². The molecule has 0 bridgehead atoms. The van der Waals surface area contributed by atoms with E-state index in [2.05, 4.69) is 19.9 Å². The van der Waals surface area contributed by atoms with Gasteiger partial charge in [0, 0.05) is 24.6 Å². The minimum Gasteiger partial charge on any atom is -0.368 e. The summed E-state index contributed by atoms with van der Waals surface area (Å²) in [5.74, 6) is 3.97. The first kappa shape index (κ1) is 9.51. The molecule has 1 aromatic heterocycles. The van der Waals surface area contributed by atoms with Crippen molar-refractivity contribution in [3.8, 4) is 0 Å². The molecule has 1 aromatic rings. The number of hydrogen-bond acceptors (Lipinski definition) is 6. The highest BCUT2D eigenvalue weighted by Crippen LogP contribution is 2.15. The van der Waals surface area contributed by atoms with Crippen LogP contribution in [-0.2, 0) is 0 Å². The predicted molar refractivity (Wildman–Crippen MR) is 58.5 cm³/mol. The van der Waals surface area contributed by atoms with Gasteiger partial charge in [0.2, 0.25) is 11.9 Å². The van der Waals surface area contributed by atoms with Crippen molar-refractivity contribution in [3.05, 3.63) is 5.82 Å². The molecule has 0 saturated carbocycles. The molecule has 6 heteroatoms. The molecule has 1 fully saturated rings. The topological polar surface area (TPSA) is 67.9 Å². The molecule has 2 rings (SSSR count). The Labute approximate surface area is 87.1 Å². The second kappa shape index (κ2) is 4.00. The summed E-state index contributed by atoms with van der Waals surface area (Å²) in [7, 11) is 0. The number of nitrogen functional groups attached to an aromatic ring is 1. The van der Waals surface area contributed by atoms with E-state index in [4.69, 9.17) is 5.73 Å². The Hall–Kier alpha value is -1.04. The van der Waals surface area contributed by atoms with Gasteiger partial charge in [0.05, 0.1) is 0 Å². The van der Waals surface area contributed by atoms with Gasteiger partial charge in [0.15, 0.2) is 0 Å². The van der Waals surface area contributed by atoms with Crippen molar-refractivity contribution in [2.75, 3.05) is 35.2 Å². The summed E-state index contributed by atoms with van der Waals surface area (Å²) in [6.07, 6.45) is 0. The van der Waals surface area contributed by atoms with Crippen LogP contribution in [0.5, 0.6) is 0 Å². The van der Waals surface area contributed by atoms with Gasteiger partial charge in [-0.05, 0) is 6.92 Å². The highest BCUT2D eigenvalue weighted by Gasteiger charge is 2.14. The second-order valence-corrected chi connectivity index (χ2v) is 4.36. The van der Waals surface area contributed by atoms with Crippen LogP contribution in [0.2, 0.25) is 0 Å². The number of rotatable bonds is 1. The predicted octanol–water partition coefficient (Wildman–Crippen LogP) is 0.315. The zero-order valence-electron chi connectivity index (χ0n) is 8.10. The summed E-state index contributed by atoms with van der Waals surface area (Å²) >= 11 is 1.96. The zero-order chi connectivity index (χ0) is 9.97. The Morgan fingerprint density at radius 3 is 2.57 bits per heavy atom. The third kappa shape index (κ3) is 2.06. The molecule has 0 aliphatic carbocycles. The second-order valence-electron chi connectivity index (χ2n) is 3.14. The van der Waals surface area contributed by atoms with E-state index in [1.54, 1.807) is 0 Å². The van der Waals surface area contributed by atoms with Crippen LogP contribution < -0.4 is 10.6 Å².